The Labute approximate surface area is 133 Å². The summed E-state index contributed by atoms with van der Waals surface area (Å²) in [5.74, 6) is 0.248. The lowest BCUT2D eigenvalue weighted by atomic mass is 10.1. The van der Waals surface area contributed by atoms with Crippen LogP contribution in [0.5, 0.6) is 0 Å². The highest BCUT2D eigenvalue weighted by atomic mass is 35.5. The molecule has 1 amide bonds. The molecule has 0 bridgehead atoms. The van der Waals surface area contributed by atoms with Crippen molar-refractivity contribution in [3.63, 3.8) is 0 Å². The van der Waals surface area contributed by atoms with Gasteiger partial charge < -0.3 is 10.4 Å². The fourth-order valence-corrected chi connectivity index (χ4v) is 2.90. The average Bonchev–Trinajstić information content (AvgIpc) is 2.52. The predicted molar refractivity (Wildman–Crippen MR) is 86.4 cm³/mol. The Hall–Kier alpha value is -1.49. The fraction of sp³-hybridized carbons (Fsp3) is 0.188. The predicted octanol–water partition coefficient (Wildman–Crippen LogP) is 3.24. The van der Waals surface area contributed by atoms with Crippen LogP contribution in [0.2, 0.25) is 5.02 Å². The van der Waals surface area contributed by atoms with E-state index in [1.54, 1.807) is 6.07 Å². The molecule has 0 aliphatic heterocycles. The quantitative estimate of drug-likeness (QED) is 0.803. The van der Waals surface area contributed by atoms with E-state index >= 15 is 0 Å². The summed E-state index contributed by atoms with van der Waals surface area (Å²) < 4.78 is 0. The molecule has 0 fully saturated rings. The van der Waals surface area contributed by atoms with E-state index in [1.807, 2.05) is 42.5 Å². The van der Waals surface area contributed by atoms with Crippen molar-refractivity contribution in [2.45, 2.75) is 18.0 Å². The lowest BCUT2D eigenvalue weighted by molar-refractivity contribution is -0.118. The zero-order chi connectivity index (χ0) is 15.1. The van der Waals surface area contributed by atoms with Gasteiger partial charge in [-0.05, 0) is 23.3 Å². The highest BCUT2D eigenvalue weighted by molar-refractivity contribution is 8.00. The number of benzene rings is 2. The monoisotopic (exact) mass is 321 g/mol. The molecule has 2 aromatic rings. The molecule has 0 saturated carbocycles. The molecule has 0 aliphatic carbocycles. The van der Waals surface area contributed by atoms with Crippen LogP contribution in [-0.2, 0) is 17.9 Å². The van der Waals surface area contributed by atoms with Gasteiger partial charge >= 0.3 is 0 Å². The van der Waals surface area contributed by atoms with Crippen LogP contribution in [0.15, 0.2) is 53.4 Å². The molecule has 3 nitrogen and oxygen atoms in total. The number of carbonyl (C=O) groups excluding carboxylic acids is 1. The van der Waals surface area contributed by atoms with Gasteiger partial charge in [-0.15, -0.1) is 11.8 Å². The van der Waals surface area contributed by atoms with Crippen molar-refractivity contribution < 1.29 is 9.90 Å². The highest BCUT2D eigenvalue weighted by Crippen LogP contribution is 2.26. The van der Waals surface area contributed by atoms with Crippen molar-refractivity contribution in [2.75, 3.05) is 5.75 Å². The number of amides is 1. The van der Waals surface area contributed by atoms with E-state index in [0.29, 0.717) is 17.3 Å². The van der Waals surface area contributed by atoms with Gasteiger partial charge in [-0.2, -0.15) is 0 Å². The lowest BCUT2D eigenvalue weighted by Gasteiger charge is -2.09. The number of thioether (sulfide) groups is 1. The Bertz CT molecular complexity index is 619. The molecule has 2 aromatic carbocycles. The number of halogens is 1. The van der Waals surface area contributed by atoms with Crippen LogP contribution in [-0.4, -0.2) is 16.8 Å². The summed E-state index contributed by atoms with van der Waals surface area (Å²) >= 11 is 7.45. The number of hydrogen-bond donors (Lipinski definition) is 2. The summed E-state index contributed by atoms with van der Waals surface area (Å²) in [6, 6.07) is 14.9. The van der Waals surface area contributed by atoms with Crippen molar-refractivity contribution in [2.24, 2.45) is 0 Å². The third kappa shape index (κ3) is 4.77. The van der Waals surface area contributed by atoms with Gasteiger partial charge in [0.05, 0.1) is 17.4 Å². The molecule has 2 N–H and O–H groups in total. The molecule has 0 saturated heterocycles. The van der Waals surface area contributed by atoms with E-state index in [2.05, 4.69) is 5.32 Å². The molecule has 2 rings (SSSR count). The van der Waals surface area contributed by atoms with Crippen LogP contribution in [0.25, 0.3) is 0 Å². The van der Waals surface area contributed by atoms with Gasteiger partial charge in [0.2, 0.25) is 5.91 Å². The first-order valence-electron chi connectivity index (χ1n) is 6.52. The van der Waals surface area contributed by atoms with E-state index in [-0.39, 0.29) is 12.5 Å². The van der Waals surface area contributed by atoms with Gasteiger partial charge in [0.1, 0.15) is 0 Å². The summed E-state index contributed by atoms with van der Waals surface area (Å²) in [5.41, 5.74) is 1.76. The van der Waals surface area contributed by atoms with E-state index in [4.69, 9.17) is 11.6 Å². The third-order valence-corrected chi connectivity index (χ3v) is 4.48. The van der Waals surface area contributed by atoms with Crippen LogP contribution >= 0.6 is 23.4 Å². The van der Waals surface area contributed by atoms with Crippen molar-refractivity contribution >= 4 is 29.3 Å². The summed E-state index contributed by atoms with van der Waals surface area (Å²) in [6.07, 6.45) is 0. The van der Waals surface area contributed by atoms with Crippen LogP contribution in [0, 0.1) is 0 Å². The maximum atomic E-state index is 11.9. The second-order valence-electron chi connectivity index (χ2n) is 4.42. The Morgan fingerprint density at radius 2 is 1.76 bits per heavy atom. The first-order valence-corrected chi connectivity index (χ1v) is 7.88. The second kappa shape index (κ2) is 8.08. The van der Waals surface area contributed by atoms with Crippen LogP contribution in [0.4, 0.5) is 0 Å². The third-order valence-electron chi connectivity index (χ3n) is 2.96. The van der Waals surface area contributed by atoms with Crippen LogP contribution < -0.4 is 5.32 Å². The number of aliphatic hydroxyl groups excluding tert-OH is 1. The maximum absolute atomic E-state index is 11.9. The topological polar surface area (TPSA) is 49.3 Å². The van der Waals surface area contributed by atoms with Crippen molar-refractivity contribution in [3.8, 4) is 0 Å². The molecule has 0 radical (unpaired) electrons. The first kappa shape index (κ1) is 15.9. The van der Waals surface area contributed by atoms with E-state index in [9.17, 15) is 9.90 Å². The van der Waals surface area contributed by atoms with Gasteiger partial charge in [-0.3, -0.25) is 4.79 Å². The molecule has 110 valence electrons. The van der Waals surface area contributed by atoms with Gasteiger partial charge in [-0.25, -0.2) is 0 Å². The Kier molecular flexibility index (Phi) is 6.11. The average molecular weight is 322 g/mol. The summed E-state index contributed by atoms with van der Waals surface area (Å²) in [5, 5.41) is 12.7. The SMILES string of the molecule is O=C(CSc1ccccc1Cl)NCc1ccccc1CO. The lowest BCUT2D eigenvalue weighted by Crippen LogP contribution is -2.25. The molecular formula is C16H16ClNO2S. The van der Waals surface area contributed by atoms with Gasteiger partial charge in [-0.1, -0.05) is 48.0 Å². The number of aliphatic hydroxyl groups is 1. The van der Waals surface area contributed by atoms with Crippen molar-refractivity contribution in [1.29, 1.82) is 0 Å². The summed E-state index contributed by atoms with van der Waals surface area (Å²) in [7, 11) is 0. The summed E-state index contributed by atoms with van der Waals surface area (Å²) in [4.78, 5) is 12.8. The van der Waals surface area contributed by atoms with Gasteiger partial charge in [0.25, 0.3) is 0 Å². The maximum Gasteiger partial charge on any atom is 0.230 e. The standard InChI is InChI=1S/C16H16ClNO2S/c17-14-7-3-4-8-15(14)21-11-16(20)18-9-12-5-1-2-6-13(12)10-19/h1-8,19H,9-11H2,(H,18,20). The van der Waals surface area contributed by atoms with E-state index in [0.717, 1.165) is 16.0 Å². The van der Waals surface area contributed by atoms with Gasteiger partial charge in [0, 0.05) is 11.4 Å². The Morgan fingerprint density at radius 1 is 1.10 bits per heavy atom. The molecule has 0 aromatic heterocycles. The number of hydrogen-bond acceptors (Lipinski definition) is 3. The molecule has 0 aliphatic rings. The number of nitrogens with one attached hydrogen (secondary N) is 1. The minimum atomic E-state index is -0.0623. The van der Waals surface area contributed by atoms with Crippen molar-refractivity contribution in [1.82, 2.24) is 5.32 Å². The Morgan fingerprint density at radius 3 is 2.48 bits per heavy atom. The minimum absolute atomic E-state index is 0.0274. The van der Waals surface area contributed by atoms with E-state index < -0.39 is 0 Å². The molecule has 0 unspecified atom stereocenters. The van der Waals surface area contributed by atoms with Crippen LogP contribution in [0.1, 0.15) is 11.1 Å². The second-order valence-corrected chi connectivity index (χ2v) is 5.85. The molecule has 0 spiro atoms. The molecular weight excluding hydrogens is 306 g/mol. The molecule has 5 heteroatoms. The normalized spacial score (nSPS) is 10.4. The molecule has 21 heavy (non-hydrogen) atoms. The molecule has 0 heterocycles. The van der Waals surface area contributed by atoms with Crippen LogP contribution in [0.3, 0.4) is 0 Å². The van der Waals surface area contributed by atoms with Gasteiger partial charge in [0.15, 0.2) is 0 Å². The number of rotatable bonds is 6. The highest BCUT2D eigenvalue weighted by Gasteiger charge is 2.06. The number of carbonyl (C=O) groups is 1. The largest absolute Gasteiger partial charge is 0.392 e. The zero-order valence-corrected chi connectivity index (χ0v) is 13.0. The summed E-state index contributed by atoms with van der Waals surface area (Å²) in [6.45, 7) is 0.388. The zero-order valence-electron chi connectivity index (χ0n) is 11.4. The Balaban J connectivity index is 1.84. The van der Waals surface area contributed by atoms with Crippen molar-refractivity contribution in [3.05, 3.63) is 64.7 Å². The van der Waals surface area contributed by atoms with E-state index in [1.165, 1.54) is 11.8 Å². The smallest absolute Gasteiger partial charge is 0.230 e. The first-order chi connectivity index (χ1) is 10.2. The minimum Gasteiger partial charge on any atom is -0.392 e. The molecule has 0 atom stereocenters. The fourth-order valence-electron chi connectivity index (χ4n) is 1.83.